The molecule has 0 amide bonds. The van der Waals surface area contributed by atoms with Crippen molar-refractivity contribution in [3.63, 3.8) is 0 Å². The second-order valence-electron chi connectivity index (χ2n) is 5.77. The van der Waals surface area contributed by atoms with Crippen LogP contribution in [-0.4, -0.2) is 0 Å². The van der Waals surface area contributed by atoms with Crippen molar-refractivity contribution in [2.45, 2.75) is 13.8 Å². The highest BCUT2D eigenvalue weighted by Gasteiger charge is 2.17. The first kappa shape index (κ1) is 15.3. The largest absolute Gasteiger partial charge is 0.456 e. The van der Waals surface area contributed by atoms with Crippen molar-refractivity contribution in [2.75, 3.05) is 0 Å². The van der Waals surface area contributed by atoms with Gasteiger partial charge in [0.1, 0.15) is 16.9 Å². The molecule has 0 aliphatic rings. The Morgan fingerprint density at radius 2 is 1.67 bits per heavy atom. The Bertz CT molecular complexity index is 1170. The topological polar surface area (TPSA) is 43.4 Å². The number of fused-ring (bicyclic) bond motifs is 2. The van der Waals surface area contributed by atoms with Gasteiger partial charge in [-0.15, -0.1) is 0 Å². The van der Waals surface area contributed by atoms with E-state index in [2.05, 4.69) is 0 Å². The van der Waals surface area contributed by atoms with Gasteiger partial charge in [0.05, 0.1) is 0 Å². The molecule has 2 heterocycles. The van der Waals surface area contributed by atoms with E-state index in [-0.39, 0.29) is 0 Å². The smallest absolute Gasteiger partial charge is 0.336 e. The lowest BCUT2D eigenvalue weighted by Gasteiger charge is -2.06. The van der Waals surface area contributed by atoms with E-state index in [0.717, 1.165) is 21.9 Å². The molecule has 0 aliphatic carbocycles. The van der Waals surface area contributed by atoms with Crippen LogP contribution in [0.15, 0.2) is 50.0 Å². The third-order valence-corrected chi connectivity index (χ3v) is 4.81. The molecule has 0 atom stereocenters. The molecule has 4 aromatic rings. The van der Waals surface area contributed by atoms with Crippen molar-refractivity contribution in [3.05, 3.63) is 68.0 Å². The van der Waals surface area contributed by atoms with Gasteiger partial charge in [0.25, 0.3) is 0 Å². The zero-order valence-corrected chi connectivity index (χ0v) is 14.5. The highest BCUT2D eigenvalue weighted by molar-refractivity contribution is 6.32. The number of aryl methyl sites for hydroxylation is 2. The van der Waals surface area contributed by atoms with Crippen LogP contribution < -0.4 is 5.63 Å². The summed E-state index contributed by atoms with van der Waals surface area (Å²) in [5.74, 6) is 0.616. The zero-order chi connectivity index (χ0) is 17.0. The number of furan rings is 1. The van der Waals surface area contributed by atoms with E-state index in [1.807, 2.05) is 26.0 Å². The minimum absolute atomic E-state index is 0.433. The summed E-state index contributed by atoms with van der Waals surface area (Å²) in [6, 6.07) is 10.4. The Labute approximate surface area is 147 Å². The van der Waals surface area contributed by atoms with E-state index in [4.69, 9.17) is 32.0 Å². The van der Waals surface area contributed by atoms with Crippen molar-refractivity contribution < 1.29 is 8.83 Å². The molecule has 5 heteroatoms. The van der Waals surface area contributed by atoms with E-state index in [0.29, 0.717) is 32.5 Å². The maximum atomic E-state index is 12.0. The Morgan fingerprint density at radius 3 is 2.46 bits per heavy atom. The van der Waals surface area contributed by atoms with Crippen LogP contribution in [0.4, 0.5) is 0 Å². The normalized spacial score (nSPS) is 11.5. The molecule has 4 rings (SSSR count). The summed E-state index contributed by atoms with van der Waals surface area (Å²) in [6.07, 6.45) is 0. The Kier molecular flexibility index (Phi) is 3.44. The number of halogens is 2. The fraction of sp³-hybridized carbons (Fsp3) is 0.105. The summed E-state index contributed by atoms with van der Waals surface area (Å²) < 4.78 is 11.3. The SMILES string of the molecule is Cc1cc2oc(=O)cc(-c3oc4ccc(Cl)cc4c3C)c2cc1Cl. The van der Waals surface area contributed by atoms with Gasteiger partial charge in [0.2, 0.25) is 0 Å². The number of hydrogen-bond acceptors (Lipinski definition) is 3. The van der Waals surface area contributed by atoms with E-state index < -0.39 is 5.63 Å². The second kappa shape index (κ2) is 5.40. The molecule has 120 valence electrons. The average molecular weight is 359 g/mol. The highest BCUT2D eigenvalue weighted by atomic mass is 35.5. The summed E-state index contributed by atoms with van der Waals surface area (Å²) in [4.78, 5) is 12.0. The van der Waals surface area contributed by atoms with Crippen LogP contribution in [0.3, 0.4) is 0 Å². The first-order valence-corrected chi connectivity index (χ1v) is 8.12. The molecule has 0 unspecified atom stereocenters. The Morgan fingerprint density at radius 1 is 0.875 bits per heavy atom. The van der Waals surface area contributed by atoms with Gasteiger partial charge in [-0.05, 0) is 49.7 Å². The van der Waals surface area contributed by atoms with Crippen molar-refractivity contribution in [2.24, 2.45) is 0 Å². The van der Waals surface area contributed by atoms with Crippen molar-refractivity contribution >= 4 is 45.1 Å². The zero-order valence-electron chi connectivity index (χ0n) is 12.9. The summed E-state index contributed by atoms with van der Waals surface area (Å²) in [5.41, 5.74) is 3.18. The predicted molar refractivity (Wildman–Crippen MR) is 97.2 cm³/mol. The third-order valence-electron chi connectivity index (χ3n) is 4.17. The monoisotopic (exact) mass is 358 g/mol. The van der Waals surface area contributed by atoms with Gasteiger partial charge in [0, 0.05) is 38.0 Å². The molecule has 0 saturated carbocycles. The van der Waals surface area contributed by atoms with Crippen LogP contribution in [0.2, 0.25) is 10.0 Å². The first-order chi connectivity index (χ1) is 11.4. The predicted octanol–water partition coefficient (Wildman–Crippen LogP) is 6.13. The number of benzene rings is 2. The van der Waals surface area contributed by atoms with Crippen LogP contribution >= 0.6 is 23.2 Å². The van der Waals surface area contributed by atoms with Crippen LogP contribution in [0.1, 0.15) is 11.1 Å². The van der Waals surface area contributed by atoms with Gasteiger partial charge in [-0.1, -0.05) is 23.2 Å². The second-order valence-corrected chi connectivity index (χ2v) is 6.62. The molecule has 0 spiro atoms. The maximum absolute atomic E-state index is 12.0. The molecular weight excluding hydrogens is 347 g/mol. The van der Waals surface area contributed by atoms with E-state index >= 15 is 0 Å². The van der Waals surface area contributed by atoms with Gasteiger partial charge < -0.3 is 8.83 Å². The molecule has 0 fully saturated rings. The summed E-state index contributed by atoms with van der Waals surface area (Å²) >= 11 is 12.3. The molecule has 0 aliphatic heterocycles. The van der Waals surface area contributed by atoms with Crippen LogP contribution in [0.25, 0.3) is 33.3 Å². The fourth-order valence-corrected chi connectivity index (χ4v) is 3.26. The first-order valence-electron chi connectivity index (χ1n) is 7.37. The van der Waals surface area contributed by atoms with Gasteiger partial charge >= 0.3 is 5.63 Å². The van der Waals surface area contributed by atoms with Crippen molar-refractivity contribution in [1.29, 1.82) is 0 Å². The lowest BCUT2D eigenvalue weighted by Crippen LogP contribution is -1.98. The van der Waals surface area contributed by atoms with Crippen LogP contribution in [-0.2, 0) is 0 Å². The van der Waals surface area contributed by atoms with Crippen molar-refractivity contribution in [1.82, 2.24) is 0 Å². The Hall–Kier alpha value is -2.23. The van der Waals surface area contributed by atoms with E-state index in [1.54, 1.807) is 18.2 Å². The molecule has 0 N–H and O–H groups in total. The molecule has 0 saturated heterocycles. The highest BCUT2D eigenvalue weighted by Crippen LogP contribution is 2.38. The fourth-order valence-electron chi connectivity index (χ4n) is 2.92. The van der Waals surface area contributed by atoms with Crippen LogP contribution in [0.5, 0.6) is 0 Å². The quantitative estimate of drug-likeness (QED) is 0.384. The molecular formula is C19H12Cl2O3. The van der Waals surface area contributed by atoms with E-state index in [1.165, 1.54) is 6.07 Å². The summed E-state index contributed by atoms with van der Waals surface area (Å²) in [6.45, 7) is 3.80. The Balaban J connectivity index is 2.11. The molecule has 24 heavy (non-hydrogen) atoms. The third kappa shape index (κ3) is 2.32. The van der Waals surface area contributed by atoms with Crippen LogP contribution in [0, 0.1) is 13.8 Å². The lowest BCUT2D eigenvalue weighted by atomic mass is 10.0. The van der Waals surface area contributed by atoms with Gasteiger partial charge in [-0.2, -0.15) is 0 Å². The van der Waals surface area contributed by atoms with Gasteiger partial charge in [-0.3, -0.25) is 0 Å². The molecule has 0 bridgehead atoms. The number of rotatable bonds is 1. The maximum Gasteiger partial charge on any atom is 0.336 e. The van der Waals surface area contributed by atoms with Gasteiger partial charge in [-0.25, -0.2) is 4.79 Å². The molecule has 2 aromatic carbocycles. The summed E-state index contributed by atoms with van der Waals surface area (Å²) in [5, 5.41) is 2.89. The minimum Gasteiger partial charge on any atom is -0.456 e. The average Bonchev–Trinajstić information content (AvgIpc) is 2.85. The molecule has 0 radical (unpaired) electrons. The van der Waals surface area contributed by atoms with E-state index in [9.17, 15) is 4.79 Å². The minimum atomic E-state index is -0.433. The molecule has 2 aromatic heterocycles. The molecule has 3 nitrogen and oxygen atoms in total. The summed E-state index contributed by atoms with van der Waals surface area (Å²) in [7, 11) is 0. The number of hydrogen-bond donors (Lipinski definition) is 0. The standard InChI is InChI=1S/C19H12Cl2O3/c1-9-5-17-13(7-15(9)21)14(8-18(22)23-17)19-10(2)12-6-11(20)3-4-16(12)24-19/h3-8H,1-2H3. The van der Waals surface area contributed by atoms with Crippen molar-refractivity contribution in [3.8, 4) is 11.3 Å². The van der Waals surface area contributed by atoms with Gasteiger partial charge in [0.15, 0.2) is 0 Å². The lowest BCUT2D eigenvalue weighted by molar-refractivity contribution is 0.559.